The molecule has 0 unspecified atom stereocenters. The molecule has 1 aliphatic heterocycles. The zero-order valence-electron chi connectivity index (χ0n) is 12.7. The van der Waals surface area contributed by atoms with Crippen molar-refractivity contribution in [1.29, 1.82) is 0 Å². The molecule has 0 atom stereocenters. The van der Waals surface area contributed by atoms with Gasteiger partial charge >= 0.3 is 0 Å². The van der Waals surface area contributed by atoms with Gasteiger partial charge < -0.3 is 10.2 Å². The van der Waals surface area contributed by atoms with Crippen LogP contribution in [-0.4, -0.2) is 36.1 Å². The van der Waals surface area contributed by atoms with Crippen molar-refractivity contribution in [1.82, 2.24) is 10.2 Å². The molecule has 2 aliphatic carbocycles. The molecule has 1 heterocycles. The Bertz CT molecular complexity index is 258. The fourth-order valence-electron chi connectivity index (χ4n) is 4.23. The van der Waals surface area contributed by atoms with Gasteiger partial charge in [-0.3, -0.25) is 0 Å². The summed E-state index contributed by atoms with van der Waals surface area (Å²) in [5.41, 5.74) is 0. The van der Waals surface area contributed by atoms with Gasteiger partial charge in [0, 0.05) is 18.1 Å². The number of nitrogens with one attached hydrogen (secondary N) is 1. The van der Waals surface area contributed by atoms with Gasteiger partial charge in [0.15, 0.2) is 0 Å². The van der Waals surface area contributed by atoms with Gasteiger partial charge in [-0.25, -0.2) is 0 Å². The Labute approximate surface area is 119 Å². The van der Waals surface area contributed by atoms with Crippen LogP contribution in [0.1, 0.15) is 71.1 Å². The van der Waals surface area contributed by atoms with Crippen LogP contribution in [0.2, 0.25) is 0 Å². The quantitative estimate of drug-likeness (QED) is 0.817. The Morgan fingerprint density at radius 2 is 1.47 bits per heavy atom. The summed E-state index contributed by atoms with van der Waals surface area (Å²) in [7, 11) is 0. The van der Waals surface area contributed by atoms with E-state index in [0.717, 1.165) is 24.0 Å². The number of nitrogens with zero attached hydrogens (tertiary/aromatic N) is 1. The Kier molecular flexibility index (Phi) is 4.81. The standard InChI is InChI=1S/C17H32N2/c1-2-3-14-4-6-15(7-5-14)18-16-10-12-19(13-11-16)17-8-9-17/h14-18H,2-13H2,1H3. The van der Waals surface area contributed by atoms with Crippen molar-refractivity contribution >= 4 is 0 Å². The monoisotopic (exact) mass is 264 g/mol. The summed E-state index contributed by atoms with van der Waals surface area (Å²) < 4.78 is 0. The van der Waals surface area contributed by atoms with E-state index >= 15 is 0 Å². The molecular formula is C17H32N2. The van der Waals surface area contributed by atoms with Crippen molar-refractivity contribution in [2.24, 2.45) is 5.92 Å². The minimum Gasteiger partial charge on any atom is -0.311 e. The van der Waals surface area contributed by atoms with Gasteiger partial charge in [0.1, 0.15) is 0 Å². The van der Waals surface area contributed by atoms with Gasteiger partial charge in [-0.1, -0.05) is 19.8 Å². The van der Waals surface area contributed by atoms with E-state index in [4.69, 9.17) is 0 Å². The largest absolute Gasteiger partial charge is 0.311 e. The third-order valence-electron chi connectivity index (χ3n) is 5.61. The Morgan fingerprint density at radius 1 is 0.842 bits per heavy atom. The molecule has 19 heavy (non-hydrogen) atoms. The van der Waals surface area contributed by atoms with Gasteiger partial charge in [0.2, 0.25) is 0 Å². The molecule has 3 rings (SSSR count). The van der Waals surface area contributed by atoms with Crippen LogP contribution < -0.4 is 5.32 Å². The number of rotatable bonds is 5. The zero-order valence-corrected chi connectivity index (χ0v) is 12.7. The fraction of sp³-hybridized carbons (Fsp3) is 1.00. The lowest BCUT2D eigenvalue weighted by molar-refractivity contribution is 0.171. The predicted octanol–water partition coefficient (Wildman–Crippen LogP) is 3.56. The summed E-state index contributed by atoms with van der Waals surface area (Å²) in [6.07, 6.45) is 14.4. The third-order valence-corrected chi connectivity index (χ3v) is 5.61. The Morgan fingerprint density at radius 3 is 2.05 bits per heavy atom. The van der Waals surface area contributed by atoms with Gasteiger partial charge in [-0.05, 0) is 70.4 Å². The molecule has 3 fully saturated rings. The molecule has 0 aromatic carbocycles. The lowest BCUT2D eigenvalue weighted by Gasteiger charge is -2.37. The van der Waals surface area contributed by atoms with Gasteiger partial charge in [-0.15, -0.1) is 0 Å². The molecule has 0 radical (unpaired) electrons. The van der Waals surface area contributed by atoms with E-state index in [-0.39, 0.29) is 0 Å². The molecule has 0 spiro atoms. The molecule has 0 amide bonds. The van der Waals surface area contributed by atoms with Crippen molar-refractivity contribution in [3.05, 3.63) is 0 Å². The van der Waals surface area contributed by atoms with Crippen LogP contribution in [0.3, 0.4) is 0 Å². The lowest BCUT2D eigenvalue weighted by Crippen LogP contribution is -2.47. The third kappa shape index (κ3) is 3.95. The Balaban J connectivity index is 1.34. The van der Waals surface area contributed by atoms with Crippen molar-refractivity contribution in [3.63, 3.8) is 0 Å². The van der Waals surface area contributed by atoms with Gasteiger partial charge in [0.25, 0.3) is 0 Å². The maximum absolute atomic E-state index is 3.97. The van der Waals surface area contributed by atoms with Gasteiger partial charge in [-0.2, -0.15) is 0 Å². The smallest absolute Gasteiger partial charge is 0.00964 e. The topological polar surface area (TPSA) is 15.3 Å². The van der Waals surface area contributed by atoms with Crippen molar-refractivity contribution in [2.45, 2.75) is 89.3 Å². The first kappa shape index (κ1) is 13.9. The molecule has 3 aliphatic rings. The highest BCUT2D eigenvalue weighted by Crippen LogP contribution is 2.31. The lowest BCUT2D eigenvalue weighted by atomic mass is 9.83. The number of piperidine rings is 1. The molecule has 0 bridgehead atoms. The zero-order chi connectivity index (χ0) is 13.1. The SMILES string of the molecule is CCCC1CCC(NC2CCN(C3CC3)CC2)CC1. The Hall–Kier alpha value is -0.0800. The maximum atomic E-state index is 3.97. The molecule has 2 nitrogen and oxygen atoms in total. The molecule has 1 N–H and O–H groups in total. The molecule has 110 valence electrons. The van der Waals surface area contributed by atoms with Crippen LogP contribution in [0.4, 0.5) is 0 Å². The van der Waals surface area contributed by atoms with E-state index in [1.165, 1.54) is 77.3 Å². The van der Waals surface area contributed by atoms with E-state index in [0.29, 0.717) is 0 Å². The van der Waals surface area contributed by atoms with Crippen molar-refractivity contribution in [2.75, 3.05) is 13.1 Å². The second-order valence-corrected chi connectivity index (χ2v) is 7.21. The van der Waals surface area contributed by atoms with E-state index in [9.17, 15) is 0 Å². The predicted molar refractivity (Wildman–Crippen MR) is 81.4 cm³/mol. The summed E-state index contributed by atoms with van der Waals surface area (Å²) >= 11 is 0. The summed E-state index contributed by atoms with van der Waals surface area (Å²) in [4.78, 5) is 2.73. The summed E-state index contributed by atoms with van der Waals surface area (Å²) in [6, 6.07) is 2.64. The second kappa shape index (κ2) is 6.58. The average Bonchev–Trinajstić information content (AvgIpc) is 3.27. The highest BCUT2D eigenvalue weighted by molar-refractivity contribution is 4.90. The first-order valence-corrected chi connectivity index (χ1v) is 8.85. The van der Waals surface area contributed by atoms with Crippen LogP contribution in [0.15, 0.2) is 0 Å². The van der Waals surface area contributed by atoms with Crippen LogP contribution in [0, 0.1) is 5.92 Å². The van der Waals surface area contributed by atoms with Crippen LogP contribution in [-0.2, 0) is 0 Å². The fourth-order valence-corrected chi connectivity index (χ4v) is 4.23. The second-order valence-electron chi connectivity index (χ2n) is 7.21. The first-order valence-electron chi connectivity index (χ1n) is 8.85. The number of hydrogen-bond donors (Lipinski definition) is 1. The average molecular weight is 264 g/mol. The van der Waals surface area contributed by atoms with E-state index in [1.807, 2.05) is 0 Å². The molecule has 0 aromatic rings. The van der Waals surface area contributed by atoms with Gasteiger partial charge in [0.05, 0.1) is 0 Å². The molecule has 2 saturated carbocycles. The minimum atomic E-state index is 0.822. The summed E-state index contributed by atoms with van der Waals surface area (Å²) in [5, 5.41) is 3.97. The first-order chi connectivity index (χ1) is 9.35. The molecule has 0 aromatic heterocycles. The van der Waals surface area contributed by atoms with E-state index in [2.05, 4.69) is 17.1 Å². The maximum Gasteiger partial charge on any atom is 0.00964 e. The highest BCUT2D eigenvalue weighted by atomic mass is 15.2. The number of likely N-dealkylation sites (tertiary alicyclic amines) is 1. The molecule has 2 heteroatoms. The van der Waals surface area contributed by atoms with E-state index < -0.39 is 0 Å². The van der Waals surface area contributed by atoms with Crippen LogP contribution in [0.5, 0.6) is 0 Å². The van der Waals surface area contributed by atoms with E-state index in [1.54, 1.807) is 0 Å². The van der Waals surface area contributed by atoms with Crippen molar-refractivity contribution < 1.29 is 0 Å². The summed E-state index contributed by atoms with van der Waals surface area (Å²) in [6.45, 7) is 5.04. The molecular weight excluding hydrogens is 232 g/mol. The highest BCUT2D eigenvalue weighted by Gasteiger charge is 2.32. The normalized spacial score (nSPS) is 34.6. The molecule has 1 saturated heterocycles. The number of hydrogen-bond acceptors (Lipinski definition) is 2. The summed E-state index contributed by atoms with van der Waals surface area (Å²) in [5.74, 6) is 1.04. The van der Waals surface area contributed by atoms with Crippen LogP contribution in [0.25, 0.3) is 0 Å². The van der Waals surface area contributed by atoms with Crippen LogP contribution >= 0.6 is 0 Å². The minimum absolute atomic E-state index is 0.822. The van der Waals surface area contributed by atoms with Crippen molar-refractivity contribution in [3.8, 4) is 0 Å².